The van der Waals surface area contributed by atoms with Crippen LogP contribution in [0, 0.1) is 0 Å². The van der Waals surface area contributed by atoms with E-state index in [9.17, 15) is 9.90 Å². The van der Waals surface area contributed by atoms with Gasteiger partial charge in [-0.1, -0.05) is 35.9 Å². The van der Waals surface area contributed by atoms with Crippen molar-refractivity contribution in [2.75, 3.05) is 19.5 Å². The molecule has 0 unspecified atom stereocenters. The molecule has 0 bridgehead atoms. The van der Waals surface area contributed by atoms with Crippen molar-refractivity contribution in [3.63, 3.8) is 0 Å². The molecule has 0 atom stereocenters. The van der Waals surface area contributed by atoms with Gasteiger partial charge in [-0.25, -0.2) is 0 Å². The summed E-state index contributed by atoms with van der Waals surface area (Å²) in [5, 5.41) is 14.9. The van der Waals surface area contributed by atoms with Crippen molar-refractivity contribution in [3.05, 3.63) is 59.1 Å². The van der Waals surface area contributed by atoms with Crippen LogP contribution in [-0.4, -0.2) is 25.2 Å². The minimum atomic E-state index is -0.470. The summed E-state index contributed by atoms with van der Waals surface area (Å²) >= 11 is 6.12. The van der Waals surface area contributed by atoms with E-state index in [1.54, 1.807) is 18.2 Å². The molecule has 3 rings (SSSR count). The Balaban J connectivity index is 1.97. The average Bonchev–Trinajstić information content (AvgIpc) is 2.61. The summed E-state index contributed by atoms with van der Waals surface area (Å²) in [5.74, 6) is 0.262. The predicted octanol–water partition coefficient (Wildman–Crippen LogP) is 4.47. The number of phenolic OH excluding ortho intramolecular Hbond substituents is 1. The second-order valence-corrected chi connectivity index (χ2v) is 5.76. The summed E-state index contributed by atoms with van der Waals surface area (Å²) in [4.78, 5) is 12.6. The highest BCUT2D eigenvalue weighted by atomic mass is 35.5. The fourth-order valence-electron chi connectivity index (χ4n) is 2.56. The number of nitrogens with one attached hydrogen (secondary N) is 1. The Kier molecular flexibility index (Phi) is 4.67. The minimum Gasteiger partial charge on any atom is -0.507 e. The lowest BCUT2D eigenvalue weighted by Crippen LogP contribution is -2.13. The molecule has 128 valence electrons. The average molecular weight is 358 g/mol. The van der Waals surface area contributed by atoms with Gasteiger partial charge in [0.05, 0.1) is 30.5 Å². The highest BCUT2D eigenvalue weighted by Crippen LogP contribution is 2.36. The van der Waals surface area contributed by atoms with Crippen molar-refractivity contribution in [2.45, 2.75) is 0 Å². The van der Waals surface area contributed by atoms with Crippen molar-refractivity contribution in [1.29, 1.82) is 0 Å². The lowest BCUT2D eigenvalue weighted by Gasteiger charge is -2.14. The van der Waals surface area contributed by atoms with Crippen LogP contribution in [0.5, 0.6) is 17.2 Å². The van der Waals surface area contributed by atoms with E-state index in [1.165, 1.54) is 20.3 Å². The van der Waals surface area contributed by atoms with Gasteiger partial charge in [0.1, 0.15) is 17.2 Å². The van der Waals surface area contributed by atoms with Crippen molar-refractivity contribution in [3.8, 4) is 17.2 Å². The Morgan fingerprint density at radius 1 is 1.00 bits per heavy atom. The van der Waals surface area contributed by atoms with Crippen LogP contribution in [0.4, 0.5) is 5.69 Å². The van der Waals surface area contributed by atoms with Crippen LogP contribution in [0.2, 0.25) is 5.02 Å². The number of amides is 1. The SMILES string of the molecule is COc1cc(OC)c(NC(=O)c2cc3ccccc3cc2O)cc1Cl. The third-order valence-corrected chi connectivity index (χ3v) is 4.13. The number of hydrogen-bond donors (Lipinski definition) is 2. The highest BCUT2D eigenvalue weighted by Gasteiger charge is 2.16. The lowest BCUT2D eigenvalue weighted by molar-refractivity contribution is 0.102. The van der Waals surface area contributed by atoms with Crippen LogP contribution in [0.1, 0.15) is 10.4 Å². The number of fused-ring (bicyclic) bond motifs is 1. The number of rotatable bonds is 4. The van der Waals surface area contributed by atoms with Gasteiger partial charge in [0.15, 0.2) is 0 Å². The van der Waals surface area contributed by atoms with Gasteiger partial charge in [-0.15, -0.1) is 0 Å². The molecule has 2 N–H and O–H groups in total. The summed E-state index contributed by atoms with van der Waals surface area (Å²) in [6.45, 7) is 0. The predicted molar refractivity (Wildman–Crippen MR) is 98.1 cm³/mol. The molecule has 0 aliphatic heterocycles. The van der Waals surface area contributed by atoms with Crippen molar-refractivity contribution in [2.24, 2.45) is 0 Å². The second-order valence-electron chi connectivity index (χ2n) is 5.36. The fraction of sp³-hybridized carbons (Fsp3) is 0.105. The molecular weight excluding hydrogens is 342 g/mol. The largest absolute Gasteiger partial charge is 0.507 e. The Morgan fingerprint density at radius 2 is 1.64 bits per heavy atom. The first kappa shape index (κ1) is 16.9. The molecule has 3 aromatic carbocycles. The molecule has 0 fully saturated rings. The fourth-order valence-corrected chi connectivity index (χ4v) is 2.80. The monoisotopic (exact) mass is 357 g/mol. The van der Waals surface area contributed by atoms with Gasteiger partial charge in [-0.3, -0.25) is 4.79 Å². The lowest BCUT2D eigenvalue weighted by atomic mass is 10.1. The van der Waals surface area contributed by atoms with Gasteiger partial charge in [-0.2, -0.15) is 0 Å². The molecule has 0 aromatic heterocycles. The van der Waals surface area contributed by atoms with E-state index in [4.69, 9.17) is 21.1 Å². The third-order valence-electron chi connectivity index (χ3n) is 3.83. The first-order valence-corrected chi connectivity index (χ1v) is 7.86. The first-order valence-electron chi connectivity index (χ1n) is 7.48. The van der Waals surface area contributed by atoms with Crippen LogP contribution in [-0.2, 0) is 0 Å². The topological polar surface area (TPSA) is 67.8 Å². The molecule has 6 heteroatoms. The van der Waals surface area contributed by atoms with Gasteiger partial charge in [0.2, 0.25) is 0 Å². The number of halogens is 1. The highest BCUT2D eigenvalue weighted by molar-refractivity contribution is 6.32. The molecule has 5 nitrogen and oxygen atoms in total. The van der Waals surface area contributed by atoms with Crippen molar-refractivity contribution < 1.29 is 19.4 Å². The van der Waals surface area contributed by atoms with E-state index in [1.807, 2.05) is 24.3 Å². The number of ether oxygens (including phenoxy) is 2. The van der Waals surface area contributed by atoms with E-state index in [0.717, 1.165) is 10.8 Å². The smallest absolute Gasteiger partial charge is 0.259 e. The molecule has 25 heavy (non-hydrogen) atoms. The van der Waals surface area contributed by atoms with E-state index in [0.29, 0.717) is 22.2 Å². The molecule has 0 saturated heterocycles. The molecule has 0 radical (unpaired) electrons. The molecule has 0 spiro atoms. The van der Waals surface area contributed by atoms with E-state index < -0.39 is 5.91 Å². The number of benzene rings is 3. The first-order chi connectivity index (χ1) is 12.0. The summed E-state index contributed by atoms with van der Waals surface area (Å²) < 4.78 is 10.4. The standard InChI is InChI=1S/C19H16ClNO4/c1-24-17-10-18(25-2)15(9-14(17)20)21-19(23)13-7-11-5-3-4-6-12(11)8-16(13)22/h3-10,22H,1-2H3,(H,21,23). The van der Waals surface area contributed by atoms with Gasteiger partial charge >= 0.3 is 0 Å². The van der Waals surface area contributed by atoms with Gasteiger partial charge in [-0.05, 0) is 29.0 Å². The zero-order valence-electron chi connectivity index (χ0n) is 13.7. The Morgan fingerprint density at radius 3 is 2.28 bits per heavy atom. The van der Waals surface area contributed by atoms with E-state index >= 15 is 0 Å². The molecule has 0 aliphatic rings. The maximum absolute atomic E-state index is 12.6. The number of methoxy groups -OCH3 is 2. The maximum atomic E-state index is 12.6. The van der Waals surface area contributed by atoms with Crippen LogP contribution < -0.4 is 14.8 Å². The minimum absolute atomic E-state index is 0.102. The number of hydrogen-bond acceptors (Lipinski definition) is 4. The maximum Gasteiger partial charge on any atom is 0.259 e. The quantitative estimate of drug-likeness (QED) is 0.723. The van der Waals surface area contributed by atoms with Gasteiger partial charge in [0, 0.05) is 6.07 Å². The van der Waals surface area contributed by atoms with Gasteiger partial charge < -0.3 is 19.9 Å². The molecule has 3 aromatic rings. The Labute approximate surface area is 149 Å². The summed E-state index contributed by atoms with van der Waals surface area (Å²) in [6.07, 6.45) is 0. The van der Waals surface area contributed by atoms with E-state index in [2.05, 4.69) is 5.32 Å². The molecule has 0 heterocycles. The van der Waals surface area contributed by atoms with Crippen molar-refractivity contribution >= 4 is 34.0 Å². The number of carbonyl (C=O) groups excluding carboxylic acids is 1. The Hall–Kier alpha value is -2.92. The van der Waals surface area contributed by atoms with Crippen LogP contribution >= 0.6 is 11.6 Å². The number of phenols is 1. The summed E-state index contributed by atoms with van der Waals surface area (Å²) in [6, 6.07) is 13.8. The number of carbonyl (C=O) groups is 1. The van der Waals surface area contributed by atoms with Crippen LogP contribution in [0.3, 0.4) is 0 Å². The second kappa shape index (κ2) is 6.91. The van der Waals surface area contributed by atoms with Crippen LogP contribution in [0.15, 0.2) is 48.5 Å². The Bertz CT molecular complexity index is 956. The summed E-state index contributed by atoms with van der Waals surface area (Å²) in [5.41, 5.74) is 0.540. The van der Waals surface area contributed by atoms with Gasteiger partial charge in [0.25, 0.3) is 5.91 Å². The number of aromatic hydroxyl groups is 1. The van der Waals surface area contributed by atoms with Crippen LogP contribution in [0.25, 0.3) is 10.8 Å². The summed E-state index contributed by atoms with van der Waals surface area (Å²) in [7, 11) is 2.97. The third kappa shape index (κ3) is 3.32. The van der Waals surface area contributed by atoms with E-state index in [-0.39, 0.29) is 11.3 Å². The zero-order chi connectivity index (χ0) is 18.0. The molecular formula is C19H16ClNO4. The van der Waals surface area contributed by atoms with Crippen molar-refractivity contribution in [1.82, 2.24) is 0 Å². The molecule has 0 saturated carbocycles. The zero-order valence-corrected chi connectivity index (χ0v) is 14.4. The number of anilines is 1. The normalized spacial score (nSPS) is 10.5. The molecule has 0 aliphatic carbocycles. The molecule has 1 amide bonds.